The van der Waals surface area contributed by atoms with Gasteiger partial charge in [0.2, 0.25) is 0 Å². The van der Waals surface area contributed by atoms with Crippen LogP contribution in [0.15, 0.2) is 42.0 Å². The number of rotatable bonds is 4. The molecule has 2 aromatic rings. The van der Waals surface area contributed by atoms with E-state index in [4.69, 9.17) is 0 Å². The molecule has 0 aliphatic carbocycles. The summed E-state index contributed by atoms with van der Waals surface area (Å²) in [6, 6.07) is 8.27. The van der Waals surface area contributed by atoms with Crippen LogP contribution in [0.25, 0.3) is 10.4 Å². The van der Waals surface area contributed by atoms with Crippen molar-refractivity contribution in [2.24, 2.45) is 0 Å². The molecule has 1 aliphatic rings. The first-order valence-corrected chi connectivity index (χ1v) is 8.48. The molecule has 120 valence electrons. The van der Waals surface area contributed by atoms with Gasteiger partial charge >= 0.3 is 0 Å². The van der Waals surface area contributed by atoms with E-state index >= 15 is 0 Å². The monoisotopic (exact) mass is 330 g/mol. The molecule has 0 fully saturated rings. The van der Waals surface area contributed by atoms with E-state index in [1.807, 2.05) is 13.0 Å². The molecule has 0 saturated heterocycles. The first kappa shape index (κ1) is 15.9. The van der Waals surface area contributed by atoms with Crippen molar-refractivity contribution >= 4 is 17.2 Å². The maximum Gasteiger partial charge on any atom is 0.261 e. The summed E-state index contributed by atoms with van der Waals surface area (Å²) < 4.78 is 13.0. The SMILES string of the molecule is Cc1cc(C(=O)NCC2=CCNCC2)sc1-c1ccc(F)cc1. The Kier molecular flexibility index (Phi) is 4.88. The van der Waals surface area contributed by atoms with Gasteiger partial charge in [-0.25, -0.2) is 4.39 Å². The molecule has 1 aromatic heterocycles. The summed E-state index contributed by atoms with van der Waals surface area (Å²) in [5.74, 6) is -0.304. The first-order valence-electron chi connectivity index (χ1n) is 7.66. The molecule has 0 radical (unpaired) electrons. The Morgan fingerprint density at radius 3 is 2.83 bits per heavy atom. The van der Waals surface area contributed by atoms with Gasteiger partial charge in [-0.1, -0.05) is 23.8 Å². The largest absolute Gasteiger partial charge is 0.348 e. The third-order valence-corrected chi connectivity index (χ3v) is 5.17. The van der Waals surface area contributed by atoms with Crippen molar-refractivity contribution in [2.75, 3.05) is 19.6 Å². The minimum atomic E-state index is -0.254. The minimum absolute atomic E-state index is 0.0501. The number of carbonyl (C=O) groups is 1. The topological polar surface area (TPSA) is 41.1 Å². The zero-order chi connectivity index (χ0) is 16.2. The molecule has 2 N–H and O–H groups in total. The smallest absolute Gasteiger partial charge is 0.261 e. The van der Waals surface area contributed by atoms with E-state index in [0.29, 0.717) is 11.4 Å². The van der Waals surface area contributed by atoms with Crippen LogP contribution in [0.1, 0.15) is 21.7 Å². The highest BCUT2D eigenvalue weighted by Gasteiger charge is 2.14. The van der Waals surface area contributed by atoms with Crippen LogP contribution in [0.3, 0.4) is 0 Å². The lowest BCUT2D eigenvalue weighted by molar-refractivity contribution is 0.0960. The maximum atomic E-state index is 13.0. The molecular weight excluding hydrogens is 311 g/mol. The van der Waals surface area contributed by atoms with E-state index in [2.05, 4.69) is 16.7 Å². The zero-order valence-corrected chi connectivity index (χ0v) is 13.8. The predicted octanol–water partition coefficient (Wildman–Crippen LogP) is 3.51. The van der Waals surface area contributed by atoms with Crippen molar-refractivity contribution in [3.05, 3.63) is 58.2 Å². The lowest BCUT2D eigenvalue weighted by Gasteiger charge is -2.14. The lowest BCUT2D eigenvalue weighted by atomic mass is 10.1. The van der Waals surface area contributed by atoms with Crippen molar-refractivity contribution in [2.45, 2.75) is 13.3 Å². The molecule has 1 amide bonds. The van der Waals surface area contributed by atoms with Gasteiger partial charge in [0, 0.05) is 18.0 Å². The molecule has 0 unspecified atom stereocenters. The third kappa shape index (κ3) is 3.86. The fourth-order valence-electron chi connectivity index (χ4n) is 2.59. The molecule has 0 saturated carbocycles. The van der Waals surface area contributed by atoms with E-state index in [9.17, 15) is 9.18 Å². The van der Waals surface area contributed by atoms with Gasteiger partial charge in [0.05, 0.1) is 4.88 Å². The average Bonchev–Trinajstić information content (AvgIpc) is 2.96. The summed E-state index contributed by atoms with van der Waals surface area (Å²) in [6.45, 7) is 4.41. The zero-order valence-electron chi connectivity index (χ0n) is 13.0. The molecule has 0 bridgehead atoms. The van der Waals surface area contributed by atoms with Gasteiger partial charge in [0.15, 0.2) is 0 Å². The highest BCUT2D eigenvalue weighted by molar-refractivity contribution is 7.17. The van der Waals surface area contributed by atoms with E-state index in [-0.39, 0.29) is 11.7 Å². The van der Waals surface area contributed by atoms with Crippen LogP contribution >= 0.6 is 11.3 Å². The summed E-state index contributed by atoms with van der Waals surface area (Å²) in [5.41, 5.74) is 3.24. The van der Waals surface area contributed by atoms with E-state index in [0.717, 1.165) is 35.5 Å². The van der Waals surface area contributed by atoms with Gasteiger partial charge < -0.3 is 10.6 Å². The van der Waals surface area contributed by atoms with Crippen molar-refractivity contribution in [3.63, 3.8) is 0 Å². The molecule has 5 heteroatoms. The van der Waals surface area contributed by atoms with Gasteiger partial charge in [-0.15, -0.1) is 11.3 Å². The second-order valence-electron chi connectivity index (χ2n) is 5.63. The van der Waals surface area contributed by atoms with Crippen molar-refractivity contribution in [3.8, 4) is 10.4 Å². The standard InChI is InChI=1S/C18H19FN2OS/c1-12-10-16(18(22)21-11-13-6-8-20-9-7-13)23-17(12)14-2-4-15(19)5-3-14/h2-6,10,20H,7-9,11H2,1H3,(H,21,22). The summed E-state index contributed by atoms with van der Waals surface area (Å²) in [6.07, 6.45) is 3.11. The molecule has 3 rings (SSSR count). The molecule has 0 atom stereocenters. The normalized spacial score (nSPS) is 14.4. The molecule has 3 nitrogen and oxygen atoms in total. The van der Waals surface area contributed by atoms with Gasteiger partial charge in [-0.3, -0.25) is 4.79 Å². The Bertz CT molecular complexity index is 734. The third-order valence-electron chi connectivity index (χ3n) is 3.88. The quantitative estimate of drug-likeness (QED) is 0.842. The van der Waals surface area contributed by atoms with Crippen molar-refractivity contribution < 1.29 is 9.18 Å². The van der Waals surface area contributed by atoms with E-state index in [1.54, 1.807) is 12.1 Å². The molecule has 1 aromatic carbocycles. The van der Waals surface area contributed by atoms with Crippen LogP contribution in [0.5, 0.6) is 0 Å². The van der Waals surface area contributed by atoms with Crippen molar-refractivity contribution in [1.29, 1.82) is 0 Å². The van der Waals surface area contributed by atoms with Crippen LogP contribution in [-0.4, -0.2) is 25.5 Å². The Hall–Kier alpha value is -1.98. The Balaban J connectivity index is 1.70. The highest BCUT2D eigenvalue weighted by Crippen LogP contribution is 2.32. The summed E-state index contributed by atoms with van der Waals surface area (Å²) in [7, 11) is 0. The number of aryl methyl sites for hydroxylation is 1. The second kappa shape index (κ2) is 7.06. The molecular formula is C18H19FN2OS. The Morgan fingerprint density at radius 2 is 2.13 bits per heavy atom. The van der Waals surface area contributed by atoms with E-state index < -0.39 is 0 Å². The molecule has 1 aliphatic heterocycles. The number of benzene rings is 1. The van der Waals surface area contributed by atoms with Crippen LogP contribution in [-0.2, 0) is 0 Å². The number of thiophene rings is 1. The number of nitrogens with one attached hydrogen (secondary N) is 2. The number of halogens is 1. The summed E-state index contributed by atoms with van der Waals surface area (Å²) in [4.78, 5) is 14.0. The van der Waals surface area contributed by atoms with Gasteiger partial charge in [-0.05, 0) is 49.2 Å². The summed E-state index contributed by atoms with van der Waals surface area (Å²) >= 11 is 1.45. The molecule has 0 spiro atoms. The Morgan fingerprint density at radius 1 is 1.35 bits per heavy atom. The van der Waals surface area contributed by atoms with Gasteiger partial charge in [0.1, 0.15) is 5.82 Å². The molecule has 23 heavy (non-hydrogen) atoms. The number of hydrogen-bond acceptors (Lipinski definition) is 3. The van der Waals surface area contributed by atoms with Crippen molar-refractivity contribution in [1.82, 2.24) is 10.6 Å². The van der Waals surface area contributed by atoms with Crippen LogP contribution in [0.2, 0.25) is 0 Å². The number of hydrogen-bond donors (Lipinski definition) is 2. The minimum Gasteiger partial charge on any atom is -0.348 e. The van der Waals surface area contributed by atoms with Crippen LogP contribution in [0.4, 0.5) is 4.39 Å². The first-order chi connectivity index (χ1) is 11.1. The fourth-order valence-corrected chi connectivity index (χ4v) is 3.69. The van der Waals surface area contributed by atoms with E-state index in [1.165, 1.54) is 29.0 Å². The number of amides is 1. The Labute approximate surface area is 139 Å². The van der Waals surface area contributed by atoms with Gasteiger partial charge in [0.25, 0.3) is 5.91 Å². The predicted molar refractivity (Wildman–Crippen MR) is 92.4 cm³/mol. The van der Waals surface area contributed by atoms with Crippen LogP contribution in [0, 0.1) is 12.7 Å². The summed E-state index contributed by atoms with van der Waals surface area (Å²) in [5, 5.41) is 6.24. The lowest BCUT2D eigenvalue weighted by Crippen LogP contribution is -2.29. The van der Waals surface area contributed by atoms with Crippen LogP contribution < -0.4 is 10.6 Å². The fraction of sp³-hybridized carbons (Fsp3) is 0.278. The average molecular weight is 330 g/mol. The number of carbonyl (C=O) groups excluding carboxylic acids is 1. The molecule has 2 heterocycles. The van der Waals surface area contributed by atoms with Gasteiger partial charge in [-0.2, -0.15) is 0 Å². The highest BCUT2D eigenvalue weighted by atomic mass is 32.1. The second-order valence-corrected chi connectivity index (χ2v) is 6.68. The maximum absolute atomic E-state index is 13.0.